The molecule has 1 amide bonds. The van der Waals surface area contributed by atoms with Crippen molar-refractivity contribution < 1.29 is 14.7 Å². The fourth-order valence-corrected chi connectivity index (χ4v) is 3.14. The van der Waals surface area contributed by atoms with Crippen molar-refractivity contribution in [1.82, 2.24) is 14.7 Å². The van der Waals surface area contributed by atoms with E-state index < -0.39 is 5.97 Å². The third-order valence-electron chi connectivity index (χ3n) is 4.51. The Bertz CT molecular complexity index is 791. The normalized spacial score (nSPS) is 13.9. The van der Waals surface area contributed by atoms with Crippen molar-refractivity contribution in [3.05, 3.63) is 52.3 Å². The number of carbonyl (C=O) groups is 2. The third-order valence-corrected chi connectivity index (χ3v) is 4.51. The van der Waals surface area contributed by atoms with E-state index in [2.05, 4.69) is 18.9 Å². The van der Waals surface area contributed by atoms with Crippen molar-refractivity contribution in [3.63, 3.8) is 0 Å². The Morgan fingerprint density at radius 3 is 2.46 bits per heavy atom. The van der Waals surface area contributed by atoms with E-state index in [1.807, 2.05) is 24.3 Å². The molecule has 0 saturated heterocycles. The Hall–Kier alpha value is -2.63. The quantitative estimate of drug-likeness (QED) is 0.939. The summed E-state index contributed by atoms with van der Waals surface area (Å²) in [7, 11) is 1.62. The lowest BCUT2D eigenvalue weighted by atomic mass is 10.0. The van der Waals surface area contributed by atoms with Crippen molar-refractivity contribution in [2.75, 3.05) is 6.54 Å². The average Bonchev–Trinajstić information content (AvgIpc) is 2.89. The Labute approximate surface area is 140 Å². The minimum absolute atomic E-state index is 0.0730. The number of carbonyl (C=O) groups excluding carboxylic acids is 1. The summed E-state index contributed by atoms with van der Waals surface area (Å²) in [5.41, 5.74) is 3.40. The molecule has 1 aliphatic heterocycles. The summed E-state index contributed by atoms with van der Waals surface area (Å²) >= 11 is 0. The molecule has 6 heteroatoms. The highest BCUT2D eigenvalue weighted by atomic mass is 16.4. The van der Waals surface area contributed by atoms with E-state index >= 15 is 0 Å². The standard InChI is InChI=1S/C18H21N3O3/c1-11(2)12-4-6-13(7-5-12)17(22)21-9-8-15-14(10-21)16(18(23)24)20(3)19-15/h4-7,11H,8-10H2,1-3H3,(H,23,24). The summed E-state index contributed by atoms with van der Waals surface area (Å²) in [4.78, 5) is 25.9. The van der Waals surface area contributed by atoms with Crippen LogP contribution in [0.15, 0.2) is 24.3 Å². The van der Waals surface area contributed by atoms with Gasteiger partial charge in [-0.25, -0.2) is 4.79 Å². The van der Waals surface area contributed by atoms with Gasteiger partial charge in [0.1, 0.15) is 0 Å². The smallest absolute Gasteiger partial charge is 0.354 e. The Balaban J connectivity index is 1.84. The number of amides is 1. The molecule has 126 valence electrons. The summed E-state index contributed by atoms with van der Waals surface area (Å²) in [5, 5.41) is 13.6. The van der Waals surface area contributed by atoms with E-state index in [0.29, 0.717) is 30.0 Å². The minimum atomic E-state index is -1.01. The molecule has 0 bridgehead atoms. The molecule has 1 aliphatic rings. The van der Waals surface area contributed by atoms with Crippen LogP contribution >= 0.6 is 0 Å². The van der Waals surface area contributed by atoms with Gasteiger partial charge in [0, 0.05) is 31.1 Å². The number of aryl methyl sites for hydroxylation is 1. The van der Waals surface area contributed by atoms with Crippen LogP contribution in [0.25, 0.3) is 0 Å². The number of carboxylic acid groups (broad SMARTS) is 1. The SMILES string of the molecule is CC(C)c1ccc(C(=O)N2CCc3nn(C)c(C(=O)O)c3C2)cc1. The molecule has 3 rings (SSSR count). The van der Waals surface area contributed by atoms with Gasteiger partial charge in [-0.1, -0.05) is 26.0 Å². The summed E-state index contributed by atoms with van der Waals surface area (Å²) in [5.74, 6) is -0.668. The zero-order valence-corrected chi connectivity index (χ0v) is 14.1. The third kappa shape index (κ3) is 2.79. The molecule has 24 heavy (non-hydrogen) atoms. The predicted octanol–water partition coefficient (Wildman–Crippen LogP) is 2.44. The number of benzene rings is 1. The van der Waals surface area contributed by atoms with Crippen LogP contribution in [-0.4, -0.2) is 38.2 Å². The van der Waals surface area contributed by atoms with Gasteiger partial charge in [0.05, 0.1) is 12.2 Å². The monoisotopic (exact) mass is 327 g/mol. The zero-order valence-electron chi connectivity index (χ0n) is 14.1. The summed E-state index contributed by atoms with van der Waals surface area (Å²) in [6.07, 6.45) is 0.576. The Kier molecular flexibility index (Phi) is 4.13. The highest BCUT2D eigenvalue weighted by molar-refractivity contribution is 5.95. The maximum atomic E-state index is 12.7. The van der Waals surface area contributed by atoms with Gasteiger partial charge in [-0.3, -0.25) is 9.48 Å². The summed E-state index contributed by atoms with van der Waals surface area (Å²) in [6.45, 7) is 5.06. The van der Waals surface area contributed by atoms with Gasteiger partial charge in [0.2, 0.25) is 0 Å². The molecule has 6 nitrogen and oxygen atoms in total. The largest absolute Gasteiger partial charge is 0.477 e. The zero-order chi connectivity index (χ0) is 17.4. The molecule has 1 N–H and O–H groups in total. The number of hydrogen-bond acceptors (Lipinski definition) is 3. The van der Waals surface area contributed by atoms with Gasteiger partial charge in [0.15, 0.2) is 5.69 Å². The van der Waals surface area contributed by atoms with Gasteiger partial charge in [-0.05, 0) is 23.6 Å². The lowest BCUT2D eigenvalue weighted by Crippen LogP contribution is -2.36. The molecule has 0 spiro atoms. The fraction of sp³-hybridized carbons (Fsp3) is 0.389. The molecule has 0 radical (unpaired) electrons. The Morgan fingerprint density at radius 2 is 1.88 bits per heavy atom. The van der Waals surface area contributed by atoms with Crippen molar-refractivity contribution in [1.29, 1.82) is 0 Å². The number of nitrogens with zero attached hydrogens (tertiary/aromatic N) is 3. The van der Waals surface area contributed by atoms with Crippen LogP contribution in [0.1, 0.15) is 57.4 Å². The second kappa shape index (κ2) is 6.11. The number of rotatable bonds is 3. The first-order chi connectivity index (χ1) is 11.4. The van der Waals surface area contributed by atoms with Gasteiger partial charge in [0.25, 0.3) is 5.91 Å². The van der Waals surface area contributed by atoms with Crippen molar-refractivity contribution in [2.45, 2.75) is 32.7 Å². The first-order valence-electron chi connectivity index (χ1n) is 8.05. The minimum Gasteiger partial charge on any atom is -0.477 e. The van der Waals surface area contributed by atoms with Gasteiger partial charge >= 0.3 is 5.97 Å². The summed E-state index contributed by atoms with van der Waals surface area (Å²) in [6, 6.07) is 7.63. The highest BCUT2D eigenvalue weighted by Crippen LogP contribution is 2.24. The van der Waals surface area contributed by atoms with E-state index in [-0.39, 0.29) is 18.1 Å². The highest BCUT2D eigenvalue weighted by Gasteiger charge is 2.29. The number of carboxylic acids is 1. The van der Waals surface area contributed by atoms with Crippen molar-refractivity contribution in [2.24, 2.45) is 7.05 Å². The molecule has 0 fully saturated rings. The van der Waals surface area contributed by atoms with Gasteiger partial charge in [-0.2, -0.15) is 5.10 Å². The maximum Gasteiger partial charge on any atom is 0.354 e. The fourth-order valence-electron chi connectivity index (χ4n) is 3.14. The average molecular weight is 327 g/mol. The lowest BCUT2D eigenvalue weighted by Gasteiger charge is -2.27. The topological polar surface area (TPSA) is 75.4 Å². The molecule has 1 aromatic carbocycles. The molecule has 2 heterocycles. The van der Waals surface area contributed by atoms with Crippen LogP contribution in [0.5, 0.6) is 0 Å². The number of aromatic nitrogens is 2. The number of hydrogen-bond donors (Lipinski definition) is 1. The number of aromatic carboxylic acids is 1. The lowest BCUT2D eigenvalue weighted by molar-refractivity contribution is 0.0669. The van der Waals surface area contributed by atoms with Crippen molar-refractivity contribution in [3.8, 4) is 0 Å². The van der Waals surface area contributed by atoms with Crippen LogP contribution in [0.3, 0.4) is 0 Å². The van der Waals surface area contributed by atoms with E-state index in [4.69, 9.17) is 0 Å². The number of fused-ring (bicyclic) bond motifs is 1. The maximum absolute atomic E-state index is 12.7. The molecule has 0 unspecified atom stereocenters. The van der Waals surface area contributed by atoms with Crippen LogP contribution in [0.2, 0.25) is 0 Å². The predicted molar refractivity (Wildman–Crippen MR) is 89.1 cm³/mol. The van der Waals surface area contributed by atoms with Crippen LogP contribution in [0, 0.1) is 0 Å². The van der Waals surface area contributed by atoms with Gasteiger partial charge < -0.3 is 10.0 Å². The molecule has 2 aromatic rings. The first-order valence-corrected chi connectivity index (χ1v) is 8.05. The van der Waals surface area contributed by atoms with Crippen LogP contribution in [0.4, 0.5) is 0 Å². The van der Waals surface area contributed by atoms with E-state index in [9.17, 15) is 14.7 Å². The molecular formula is C18H21N3O3. The molecule has 0 atom stereocenters. The second-order valence-electron chi connectivity index (χ2n) is 6.46. The Morgan fingerprint density at radius 1 is 1.21 bits per heavy atom. The summed E-state index contributed by atoms with van der Waals surface area (Å²) < 4.78 is 1.39. The second-order valence-corrected chi connectivity index (χ2v) is 6.46. The van der Waals surface area contributed by atoms with Crippen LogP contribution < -0.4 is 0 Å². The molecular weight excluding hydrogens is 306 g/mol. The van der Waals surface area contributed by atoms with E-state index in [1.165, 1.54) is 10.2 Å². The molecule has 0 saturated carbocycles. The van der Waals surface area contributed by atoms with E-state index in [0.717, 1.165) is 5.69 Å². The van der Waals surface area contributed by atoms with Gasteiger partial charge in [-0.15, -0.1) is 0 Å². The van der Waals surface area contributed by atoms with E-state index in [1.54, 1.807) is 11.9 Å². The van der Waals surface area contributed by atoms with Crippen LogP contribution in [-0.2, 0) is 20.0 Å². The molecule has 1 aromatic heterocycles. The molecule has 0 aliphatic carbocycles. The van der Waals surface area contributed by atoms with Crippen molar-refractivity contribution >= 4 is 11.9 Å². The first kappa shape index (κ1) is 16.2.